The minimum Gasteiger partial charge on any atom is -0.496 e. The van der Waals surface area contributed by atoms with Crippen molar-refractivity contribution in [3.8, 4) is 5.75 Å². The van der Waals surface area contributed by atoms with Crippen LogP contribution in [0.25, 0.3) is 0 Å². The Balaban J connectivity index is 2.49. The number of benzene rings is 1. The van der Waals surface area contributed by atoms with Gasteiger partial charge >= 0.3 is 5.97 Å². The van der Waals surface area contributed by atoms with E-state index in [0.29, 0.717) is 6.42 Å². The molecule has 112 valence electrons. The summed E-state index contributed by atoms with van der Waals surface area (Å²) in [4.78, 5) is 14.4. The molecule has 0 saturated heterocycles. The highest BCUT2D eigenvalue weighted by Crippen LogP contribution is 2.28. The van der Waals surface area contributed by atoms with Crippen molar-refractivity contribution in [2.24, 2.45) is 0 Å². The summed E-state index contributed by atoms with van der Waals surface area (Å²) in [6.07, 6.45) is 3.31. The first-order valence-corrected chi connectivity index (χ1v) is 7.79. The third kappa shape index (κ3) is 5.43. The van der Waals surface area contributed by atoms with Crippen molar-refractivity contribution in [1.29, 1.82) is 0 Å². The van der Waals surface area contributed by atoms with Crippen LogP contribution >= 0.6 is 11.8 Å². The van der Waals surface area contributed by atoms with E-state index in [1.54, 1.807) is 18.9 Å². The molecule has 0 unspecified atom stereocenters. The van der Waals surface area contributed by atoms with Gasteiger partial charge in [-0.25, -0.2) is 0 Å². The zero-order chi connectivity index (χ0) is 15.0. The average Bonchev–Trinajstić information content (AvgIpc) is 2.46. The molecule has 0 aromatic heterocycles. The molecule has 0 amide bonds. The predicted octanol–water partition coefficient (Wildman–Crippen LogP) is 2.80. The van der Waals surface area contributed by atoms with Gasteiger partial charge in [0.15, 0.2) is 0 Å². The summed E-state index contributed by atoms with van der Waals surface area (Å²) < 4.78 is 10.0. The van der Waals surface area contributed by atoms with Gasteiger partial charge in [0.05, 0.1) is 14.2 Å². The van der Waals surface area contributed by atoms with E-state index in [2.05, 4.69) is 27.8 Å². The van der Waals surface area contributed by atoms with Gasteiger partial charge in [-0.15, -0.1) is 11.8 Å². The summed E-state index contributed by atoms with van der Waals surface area (Å²) in [7, 11) is 5.16. The smallest absolute Gasteiger partial charge is 0.305 e. The summed E-state index contributed by atoms with van der Waals surface area (Å²) in [6.45, 7) is 1.70. The molecule has 0 aliphatic heterocycles. The Kier molecular flexibility index (Phi) is 7.47. The van der Waals surface area contributed by atoms with Crippen LogP contribution in [0, 0.1) is 0 Å². The second-order valence-electron chi connectivity index (χ2n) is 4.61. The van der Waals surface area contributed by atoms with E-state index in [1.807, 2.05) is 13.3 Å². The molecule has 1 aromatic rings. The Bertz CT molecular complexity index is 437. The van der Waals surface area contributed by atoms with Crippen molar-refractivity contribution < 1.29 is 14.3 Å². The van der Waals surface area contributed by atoms with Crippen molar-refractivity contribution >= 4 is 17.7 Å². The summed E-state index contributed by atoms with van der Waals surface area (Å²) in [6, 6.07) is 6.27. The molecule has 0 N–H and O–H groups in total. The summed E-state index contributed by atoms with van der Waals surface area (Å²) >= 11 is 1.68. The summed E-state index contributed by atoms with van der Waals surface area (Å²) in [5, 5.41) is 0. The highest BCUT2D eigenvalue weighted by atomic mass is 32.2. The van der Waals surface area contributed by atoms with Gasteiger partial charge in [0.25, 0.3) is 0 Å². The average molecular weight is 297 g/mol. The normalized spacial score (nSPS) is 10.7. The van der Waals surface area contributed by atoms with Crippen molar-refractivity contribution in [2.75, 3.05) is 34.1 Å². The fourth-order valence-corrected chi connectivity index (χ4v) is 2.51. The molecule has 0 aliphatic rings. The number of rotatable bonds is 8. The highest BCUT2D eigenvalue weighted by Gasteiger charge is 2.07. The lowest BCUT2D eigenvalue weighted by Crippen LogP contribution is -2.20. The van der Waals surface area contributed by atoms with Crippen LogP contribution in [-0.4, -0.2) is 44.9 Å². The number of hydrogen-bond donors (Lipinski definition) is 0. The van der Waals surface area contributed by atoms with Crippen molar-refractivity contribution in [2.45, 2.75) is 24.3 Å². The molecule has 0 spiro atoms. The van der Waals surface area contributed by atoms with Gasteiger partial charge in [-0.05, 0) is 44.0 Å². The van der Waals surface area contributed by atoms with Crippen LogP contribution in [0.1, 0.15) is 18.4 Å². The molecule has 0 radical (unpaired) electrons. The first-order chi connectivity index (χ1) is 9.60. The minimum atomic E-state index is -0.149. The molecule has 0 fully saturated rings. The molecule has 0 saturated carbocycles. The van der Waals surface area contributed by atoms with E-state index in [0.717, 1.165) is 30.2 Å². The third-order valence-electron chi connectivity index (χ3n) is 3.05. The number of carbonyl (C=O) groups is 1. The van der Waals surface area contributed by atoms with Crippen molar-refractivity contribution in [1.82, 2.24) is 4.90 Å². The van der Waals surface area contributed by atoms with E-state index < -0.39 is 0 Å². The van der Waals surface area contributed by atoms with E-state index in [4.69, 9.17) is 4.74 Å². The van der Waals surface area contributed by atoms with Crippen molar-refractivity contribution in [3.05, 3.63) is 23.8 Å². The van der Waals surface area contributed by atoms with Crippen LogP contribution in [0.15, 0.2) is 23.1 Å². The van der Waals surface area contributed by atoms with Crippen LogP contribution < -0.4 is 4.74 Å². The number of carbonyl (C=O) groups excluding carboxylic acids is 1. The summed E-state index contributed by atoms with van der Waals surface area (Å²) in [5.74, 6) is 0.766. The van der Waals surface area contributed by atoms with Gasteiger partial charge in [-0.1, -0.05) is 6.07 Å². The second-order valence-corrected chi connectivity index (χ2v) is 5.45. The fraction of sp³-hybridized carbons (Fsp3) is 0.533. The van der Waals surface area contributed by atoms with Gasteiger partial charge in [0, 0.05) is 17.9 Å². The van der Waals surface area contributed by atoms with Crippen LogP contribution in [0.2, 0.25) is 0 Å². The first-order valence-electron chi connectivity index (χ1n) is 6.57. The third-order valence-corrected chi connectivity index (χ3v) is 3.83. The fourth-order valence-electron chi connectivity index (χ4n) is 1.97. The quantitative estimate of drug-likeness (QED) is 0.545. The molecule has 1 rings (SSSR count). The van der Waals surface area contributed by atoms with E-state index in [1.165, 1.54) is 12.7 Å². The van der Waals surface area contributed by atoms with Gasteiger partial charge < -0.3 is 14.4 Å². The van der Waals surface area contributed by atoms with Gasteiger partial charge in [0.1, 0.15) is 5.75 Å². The number of nitrogens with zero attached hydrogens (tertiary/aromatic N) is 1. The predicted molar refractivity (Wildman–Crippen MR) is 82.4 cm³/mol. The van der Waals surface area contributed by atoms with Crippen LogP contribution in [0.3, 0.4) is 0 Å². The minimum absolute atomic E-state index is 0.149. The maximum atomic E-state index is 11.0. The molecule has 0 bridgehead atoms. The Morgan fingerprint density at radius 1 is 1.35 bits per heavy atom. The summed E-state index contributed by atoms with van der Waals surface area (Å²) in [5.41, 5.74) is 1.21. The highest BCUT2D eigenvalue weighted by molar-refractivity contribution is 7.98. The first kappa shape index (κ1) is 16.9. The lowest BCUT2D eigenvalue weighted by molar-refractivity contribution is -0.140. The number of thioether (sulfide) groups is 1. The molecule has 4 nitrogen and oxygen atoms in total. The topological polar surface area (TPSA) is 38.8 Å². The SMILES string of the molecule is COC(=O)CCCN(C)Cc1ccc(SC)c(OC)c1. The zero-order valence-electron chi connectivity index (χ0n) is 12.6. The number of esters is 1. The Morgan fingerprint density at radius 3 is 2.70 bits per heavy atom. The maximum Gasteiger partial charge on any atom is 0.305 e. The molecular weight excluding hydrogens is 274 g/mol. The van der Waals surface area contributed by atoms with E-state index in [-0.39, 0.29) is 5.97 Å². The standard InChI is InChI=1S/C15H23NO3S/c1-16(9-5-6-15(17)19-3)11-12-7-8-14(20-4)13(10-12)18-2/h7-8,10H,5-6,9,11H2,1-4H3. The van der Waals surface area contributed by atoms with Gasteiger partial charge in [-0.3, -0.25) is 4.79 Å². The van der Waals surface area contributed by atoms with Crippen LogP contribution in [0.4, 0.5) is 0 Å². The van der Waals surface area contributed by atoms with E-state index >= 15 is 0 Å². The Morgan fingerprint density at radius 2 is 2.10 bits per heavy atom. The molecule has 20 heavy (non-hydrogen) atoms. The van der Waals surface area contributed by atoms with Crippen LogP contribution in [-0.2, 0) is 16.1 Å². The number of methoxy groups -OCH3 is 2. The molecule has 0 aliphatic carbocycles. The van der Waals surface area contributed by atoms with Crippen molar-refractivity contribution in [3.63, 3.8) is 0 Å². The monoisotopic (exact) mass is 297 g/mol. The molecule has 0 atom stereocenters. The Labute approximate surface area is 125 Å². The molecular formula is C15H23NO3S. The second kappa shape index (κ2) is 8.87. The van der Waals surface area contributed by atoms with E-state index in [9.17, 15) is 4.79 Å². The molecule has 1 aromatic carbocycles. The lowest BCUT2D eigenvalue weighted by atomic mass is 10.2. The Hall–Kier alpha value is -1.20. The van der Waals surface area contributed by atoms with Crippen LogP contribution in [0.5, 0.6) is 5.75 Å². The zero-order valence-corrected chi connectivity index (χ0v) is 13.5. The number of ether oxygens (including phenoxy) is 2. The lowest BCUT2D eigenvalue weighted by Gasteiger charge is -2.17. The van der Waals surface area contributed by atoms with Gasteiger partial charge in [-0.2, -0.15) is 0 Å². The largest absolute Gasteiger partial charge is 0.496 e. The molecule has 5 heteroatoms. The maximum absolute atomic E-state index is 11.0. The van der Waals surface area contributed by atoms with Gasteiger partial charge in [0.2, 0.25) is 0 Å². The number of hydrogen-bond acceptors (Lipinski definition) is 5. The molecule has 0 heterocycles.